The molecular weight excluding hydrogens is 292 g/mol. The Bertz CT molecular complexity index is 548. The van der Waals surface area contributed by atoms with Crippen molar-refractivity contribution in [2.24, 2.45) is 11.8 Å². The number of rotatable bonds is 4. The average molecular weight is 311 g/mol. The molecule has 0 bridgehead atoms. The van der Waals surface area contributed by atoms with E-state index in [0.717, 1.165) is 18.4 Å². The number of halogens is 1. The van der Waals surface area contributed by atoms with Gasteiger partial charge in [0.15, 0.2) is 0 Å². The molecule has 21 heavy (non-hydrogen) atoms. The lowest BCUT2D eigenvalue weighted by atomic mass is 9.96. The minimum absolute atomic E-state index is 0.00806. The predicted octanol–water partition coefficient (Wildman–Crippen LogP) is 3.27. The standard InChI is InChI=1S/C15H19ClN2O3/c1-9-12(16)6-3-7-13(9)18-15(21)17-8-10-4-2-5-11(10)14(19)20/h3,6-7,10-11H,2,4-5,8H2,1H3,(H,19,20)(H2,17,18,21). The van der Waals surface area contributed by atoms with Crippen LogP contribution < -0.4 is 10.6 Å². The van der Waals surface area contributed by atoms with Gasteiger partial charge in [-0.1, -0.05) is 24.1 Å². The molecule has 0 heterocycles. The summed E-state index contributed by atoms with van der Waals surface area (Å²) >= 11 is 5.99. The van der Waals surface area contributed by atoms with Gasteiger partial charge >= 0.3 is 12.0 Å². The van der Waals surface area contributed by atoms with Gasteiger partial charge in [0.1, 0.15) is 0 Å². The van der Waals surface area contributed by atoms with Crippen molar-refractivity contribution in [3.05, 3.63) is 28.8 Å². The fraction of sp³-hybridized carbons (Fsp3) is 0.467. The quantitative estimate of drug-likeness (QED) is 0.798. The molecule has 0 aromatic heterocycles. The van der Waals surface area contributed by atoms with E-state index >= 15 is 0 Å². The Balaban J connectivity index is 1.88. The third-order valence-corrected chi connectivity index (χ3v) is 4.43. The van der Waals surface area contributed by atoms with E-state index in [2.05, 4.69) is 10.6 Å². The highest BCUT2D eigenvalue weighted by Crippen LogP contribution is 2.31. The molecule has 1 saturated carbocycles. The topological polar surface area (TPSA) is 78.4 Å². The molecular formula is C15H19ClN2O3. The molecule has 1 fully saturated rings. The Morgan fingerprint density at radius 3 is 2.86 bits per heavy atom. The van der Waals surface area contributed by atoms with E-state index in [4.69, 9.17) is 16.7 Å². The maximum atomic E-state index is 11.9. The molecule has 1 aromatic carbocycles. The van der Waals surface area contributed by atoms with E-state index in [1.165, 1.54) is 0 Å². The fourth-order valence-electron chi connectivity index (χ4n) is 2.74. The van der Waals surface area contributed by atoms with Crippen molar-refractivity contribution in [1.82, 2.24) is 5.32 Å². The highest BCUT2D eigenvalue weighted by atomic mass is 35.5. The highest BCUT2D eigenvalue weighted by Gasteiger charge is 2.32. The first-order valence-corrected chi connectivity index (χ1v) is 7.39. The molecule has 5 nitrogen and oxygen atoms in total. The number of carboxylic acids is 1. The lowest BCUT2D eigenvalue weighted by Gasteiger charge is -2.17. The molecule has 3 N–H and O–H groups in total. The van der Waals surface area contributed by atoms with E-state index in [1.54, 1.807) is 18.2 Å². The molecule has 2 rings (SSSR count). The highest BCUT2D eigenvalue weighted by molar-refractivity contribution is 6.31. The van der Waals surface area contributed by atoms with Crippen molar-refractivity contribution in [1.29, 1.82) is 0 Å². The lowest BCUT2D eigenvalue weighted by Crippen LogP contribution is -2.35. The van der Waals surface area contributed by atoms with Gasteiger partial charge in [0, 0.05) is 17.3 Å². The number of anilines is 1. The van der Waals surface area contributed by atoms with Crippen LogP contribution >= 0.6 is 11.6 Å². The van der Waals surface area contributed by atoms with Crippen LogP contribution in [-0.4, -0.2) is 23.7 Å². The second kappa shape index (κ2) is 6.80. The van der Waals surface area contributed by atoms with E-state index in [1.807, 2.05) is 6.92 Å². The number of urea groups is 1. The smallest absolute Gasteiger partial charge is 0.319 e. The van der Waals surface area contributed by atoms with Crippen LogP contribution in [0.4, 0.5) is 10.5 Å². The van der Waals surface area contributed by atoms with Crippen LogP contribution in [0.15, 0.2) is 18.2 Å². The molecule has 2 unspecified atom stereocenters. The minimum atomic E-state index is -0.773. The van der Waals surface area contributed by atoms with Crippen molar-refractivity contribution >= 4 is 29.3 Å². The predicted molar refractivity (Wildman–Crippen MR) is 81.7 cm³/mol. The maximum Gasteiger partial charge on any atom is 0.319 e. The van der Waals surface area contributed by atoms with Gasteiger partial charge in [0.25, 0.3) is 0 Å². The van der Waals surface area contributed by atoms with Gasteiger partial charge in [0.05, 0.1) is 5.92 Å². The molecule has 2 amide bonds. The van der Waals surface area contributed by atoms with Gasteiger partial charge in [-0.2, -0.15) is 0 Å². The number of aliphatic carboxylic acids is 1. The maximum absolute atomic E-state index is 11.9. The number of hydrogen-bond acceptors (Lipinski definition) is 2. The van der Waals surface area contributed by atoms with E-state index < -0.39 is 5.97 Å². The summed E-state index contributed by atoms with van der Waals surface area (Å²) in [5.74, 6) is -1.11. The summed E-state index contributed by atoms with van der Waals surface area (Å²) in [5, 5.41) is 15.2. The Hall–Kier alpha value is -1.75. The van der Waals surface area contributed by atoms with Crippen molar-refractivity contribution in [3.63, 3.8) is 0 Å². The third kappa shape index (κ3) is 3.88. The molecule has 114 valence electrons. The van der Waals surface area contributed by atoms with Crippen LogP contribution in [0, 0.1) is 18.8 Å². The van der Waals surface area contributed by atoms with Gasteiger partial charge in [-0.25, -0.2) is 4.79 Å². The first-order chi connectivity index (χ1) is 9.99. The third-order valence-electron chi connectivity index (χ3n) is 4.02. The monoisotopic (exact) mass is 310 g/mol. The Kier molecular flexibility index (Phi) is 5.07. The molecule has 6 heteroatoms. The number of carboxylic acid groups (broad SMARTS) is 1. The zero-order valence-corrected chi connectivity index (χ0v) is 12.6. The summed E-state index contributed by atoms with van der Waals surface area (Å²) in [7, 11) is 0. The van der Waals surface area contributed by atoms with Gasteiger partial charge in [0.2, 0.25) is 0 Å². The van der Waals surface area contributed by atoms with Crippen LogP contribution in [-0.2, 0) is 4.79 Å². The summed E-state index contributed by atoms with van der Waals surface area (Å²) in [5.41, 5.74) is 1.46. The molecule has 1 aliphatic rings. The second-order valence-electron chi connectivity index (χ2n) is 5.38. The van der Waals surface area contributed by atoms with Crippen molar-refractivity contribution in [3.8, 4) is 0 Å². The fourth-order valence-corrected chi connectivity index (χ4v) is 2.91. The molecule has 0 aliphatic heterocycles. The van der Waals surface area contributed by atoms with Crippen LogP contribution in [0.1, 0.15) is 24.8 Å². The number of carbonyl (C=O) groups excluding carboxylic acids is 1. The summed E-state index contributed by atoms with van der Waals surface area (Å²) < 4.78 is 0. The van der Waals surface area contributed by atoms with E-state index in [-0.39, 0.29) is 17.9 Å². The minimum Gasteiger partial charge on any atom is -0.481 e. The normalized spacial score (nSPS) is 21.0. The molecule has 1 aliphatic carbocycles. The zero-order valence-electron chi connectivity index (χ0n) is 11.9. The van der Waals surface area contributed by atoms with Crippen LogP contribution in [0.5, 0.6) is 0 Å². The summed E-state index contributed by atoms with van der Waals surface area (Å²) in [6.45, 7) is 2.21. The summed E-state index contributed by atoms with van der Waals surface area (Å²) in [6.07, 6.45) is 2.43. The Morgan fingerprint density at radius 1 is 1.38 bits per heavy atom. The molecule has 0 saturated heterocycles. The van der Waals surface area contributed by atoms with Gasteiger partial charge in [-0.15, -0.1) is 0 Å². The number of benzene rings is 1. The number of hydrogen-bond donors (Lipinski definition) is 3. The first-order valence-electron chi connectivity index (χ1n) is 7.02. The molecule has 1 aromatic rings. The summed E-state index contributed by atoms with van der Waals surface area (Å²) in [4.78, 5) is 23.0. The number of carbonyl (C=O) groups is 2. The summed E-state index contributed by atoms with van der Waals surface area (Å²) in [6, 6.07) is 4.96. The van der Waals surface area contributed by atoms with Crippen LogP contribution in [0.25, 0.3) is 0 Å². The van der Waals surface area contributed by atoms with Gasteiger partial charge in [-0.05, 0) is 43.4 Å². The molecule has 2 atom stereocenters. The van der Waals surface area contributed by atoms with Crippen molar-refractivity contribution in [2.75, 3.05) is 11.9 Å². The number of amides is 2. The van der Waals surface area contributed by atoms with Gasteiger partial charge in [-0.3, -0.25) is 4.79 Å². The van der Waals surface area contributed by atoms with E-state index in [0.29, 0.717) is 23.7 Å². The Morgan fingerprint density at radius 2 is 2.14 bits per heavy atom. The average Bonchev–Trinajstić information content (AvgIpc) is 2.90. The largest absolute Gasteiger partial charge is 0.481 e. The molecule has 0 spiro atoms. The first kappa shape index (κ1) is 15.6. The Labute approximate surface area is 128 Å². The molecule has 0 radical (unpaired) electrons. The number of nitrogens with one attached hydrogen (secondary N) is 2. The second-order valence-corrected chi connectivity index (χ2v) is 5.79. The zero-order chi connectivity index (χ0) is 15.4. The lowest BCUT2D eigenvalue weighted by molar-refractivity contribution is -0.142. The van der Waals surface area contributed by atoms with Crippen LogP contribution in [0.3, 0.4) is 0 Å². The van der Waals surface area contributed by atoms with Crippen molar-refractivity contribution < 1.29 is 14.7 Å². The van der Waals surface area contributed by atoms with Crippen molar-refractivity contribution in [2.45, 2.75) is 26.2 Å². The van der Waals surface area contributed by atoms with E-state index in [9.17, 15) is 9.59 Å². The van der Waals surface area contributed by atoms with Gasteiger partial charge < -0.3 is 15.7 Å². The SMILES string of the molecule is Cc1c(Cl)cccc1NC(=O)NCC1CCCC1C(=O)O. The van der Waals surface area contributed by atoms with Crippen LogP contribution in [0.2, 0.25) is 5.02 Å².